The van der Waals surface area contributed by atoms with E-state index < -0.39 is 0 Å². The predicted molar refractivity (Wildman–Crippen MR) is 72.7 cm³/mol. The molecule has 0 unspecified atom stereocenters. The van der Waals surface area contributed by atoms with Crippen LogP contribution in [-0.2, 0) is 4.79 Å². The zero-order chi connectivity index (χ0) is 13.3. The van der Waals surface area contributed by atoms with Crippen LogP contribution in [0.5, 0.6) is 0 Å². The highest BCUT2D eigenvalue weighted by atomic mass is 79.9. The summed E-state index contributed by atoms with van der Waals surface area (Å²) in [5, 5.41) is 0.494. The van der Waals surface area contributed by atoms with E-state index in [9.17, 15) is 9.59 Å². The molecule has 2 amide bonds. The van der Waals surface area contributed by atoms with E-state index in [4.69, 9.17) is 11.6 Å². The molecule has 0 N–H and O–H groups in total. The number of hydrogen-bond acceptors (Lipinski definition) is 2. The third kappa shape index (κ3) is 2.84. The first-order valence-corrected chi connectivity index (χ1v) is 6.64. The maximum absolute atomic E-state index is 12.2. The van der Waals surface area contributed by atoms with E-state index in [1.54, 1.807) is 35.0 Å². The summed E-state index contributed by atoms with van der Waals surface area (Å²) in [6, 6.07) is 5.03. The SMILES string of the molecule is CN1CCN(C(=O)c2cc(Cl)cc(Br)c2)CC1=O. The zero-order valence-electron chi connectivity index (χ0n) is 9.82. The molecule has 1 fully saturated rings. The molecule has 18 heavy (non-hydrogen) atoms. The van der Waals surface area contributed by atoms with Crippen LogP contribution in [0.1, 0.15) is 10.4 Å². The average Bonchev–Trinajstić information content (AvgIpc) is 2.30. The number of likely N-dealkylation sites (N-methyl/N-ethyl adjacent to an activating group) is 1. The Bertz CT molecular complexity index is 487. The Morgan fingerprint density at radius 1 is 1.33 bits per heavy atom. The van der Waals surface area contributed by atoms with Crippen molar-refractivity contribution in [3.8, 4) is 0 Å². The van der Waals surface area contributed by atoms with E-state index in [0.717, 1.165) is 4.47 Å². The first-order valence-electron chi connectivity index (χ1n) is 5.46. The second-order valence-electron chi connectivity index (χ2n) is 4.20. The van der Waals surface area contributed by atoms with Crippen molar-refractivity contribution in [2.75, 3.05) is 26.7 Å². The van der Waals surface area contributed by atoms with Gasteiger partial charge < -0.3 is 9.80 Å². The van der Waals surface area contributed by atoms with Crippen molar-refractivity contribution in [1.82, 2.24) is 9.80 Å². The Labute approximate surface area is 119 Å². The lowest BCUT2D eigenvalue weighted by Crippen LogP contribution is -2.50. The van der Waals surface area contributed by atoms with Gasteiger partial charge in [-0.05, 0) is 18.2 Å². The third-order valence-electron chi connectivity index (χ3n) is 2.85. The number of piperazine rings is 1. The van der Waals surface area contributed by atoms with Crippen molar-refractivity contribution in [2.45, 2.75) is 0 Å². The topological polar surface area (TPSA) is 40.6 Å². The fourth-order valence-electron chi connectivity index (χ4n) is 1.79. The molecule has 0 aliphatic carbocycles. The number of halogens is 2. The van der Waals surface area contributed by atoms with Crippen LogP contribution in [0.4, 0.5) is 0 Å². The number of nitrogens with zero attached hydrogens (tertiary/aromatic N) is 2. The van der Waals surface area contributed by atoms with Crippen LogP contribution in [-0.4, -0.2) is 48.3 Å². The Morgan fingerprint density at radius 2 is 2.06 bits per heavy atom. The lowest BCUT2D eigenvalue weighted by molar-refractivity contribution is -0.133. The predicted octanol–water partition coefficient (Wildman–Crippen LogP) is 2.02. The summed E-state index contributed by atoms with van der Waals surface area (Å²) in [7, 11) is 1.74. The molecule has 1 aliphatic heterocycles. The van der Waals surface area contributed by atoms with Gasteiger partial charge in [-0.3, -0.25) is 9.59 Å². The molecule has 1 saturated heterocycles. The van der Waals surface area contributed by atoms with Gasteiger partial charge in [0.15, 0.2) is 0 Å². The van der Waals surface area contributed by atoms with Crippen LogP contribution in [0.2, 0.25) is 5.02 Å². The van der Waals surface area contributed by atoms with Crippen molar-refractivity contribution in [3.05, 3.63) is 33.3 Å². The summed E-state index contributed by atoms with van der Waals surface area (Å²) in [6.07, 6.45) is 0. The Kier molecular flexibility index (Phi) is 3.92. The smallest absolute Gasteiger partial charge is 0.254 e. The van der Waals surface area contributed by atoms with Gasteiger partial charge in [0.25, 0.3) is 5.91 Å². The molecular formula is C12H12BrClN2O2. The van der Waals surface area contributed by atoms with E-state index >= 15 is 0 Å². The van der Waals surface area contributed by atoms with Crippen molar-refractivity contribution in [2.24, 2.45) is 0 Å². The first-order chi connectivity index (χ1) is 8.47. The largest absolute Gasteiger partial charge is 0.342 e. The summed E-state index contributed by atoms with van der Waals surface area (Å²) in [5.74, 6) is -0.213. The van der Waals surface area contributed by atoms with Crippen molar-refractivity contribution >= 4 is 39.3 Å². The summed E-state index contributed by atoms with van der Waals surface area (Å²) in [6.45, 7) is 1.23. The summed E-state index contributed by atoms with van der Waals surface area (Å²) >= 11 is 9.21. The van der Waals surface area contributed by atoms with Crippen LogP contribution in [0.15, 0.2) is 22.7 Å². The number of carbonyl (C=O) groups is 2. The molecule has 0 radical (unpaired) electrons. The van der Waals surface area contributed by atoms with Gasteiger partial charge >= 0.3 is 0 Å². The van der Waals surface area contributed by atoms with E-state index in [0.29, 0.717) is 23.7 Å². The van der Waals surface area contributed by atoms with Crippen molar-refractivity contribution < 1.29 is 9.59 Å². The van der Waals surface area contributed by atoms with Crippen molar-refractivity contribution in [1.29, 1.82) is 0 Å². The number of amides is 2. The highest BCUT2D eigenvalue weighted by Gasteiger charge is 2.25. The summed E-state index contributed by atoms with van der Waals surface area (Å²) in [4.78, 5) is 27.0. The molecule has 6 heteroatoms. The van der Waals surface area contributed by atoms with E-state index in [1.165, 1.54) is 0 Å². The van der Waals surface area contributed by atoms with Gasteiger partial charge in [0.1, 0.15) is 6.54 Å². The number of hydrogen-bond donors (Lipinski definition) is 0. The quantitative estimate of drug-likeness (QED) is 0.790. The minimum absolute atomic E-state index is 0.0457. The fraction of sp³-hybridized carbons (Fsp3) is 0.333. The standard InChI is InChI=1S/C12H12BrClN2O2/c1-15-2-3-16(7-11(15)17)12(18)8-4-9(13)6-10(14)5-8/h4-6H,2-3,7H2,1H3. The molecule has 96 valence electrons. The number of carbonyl (C=O) groups excluding carboxylic acids is 2. The maximum atomic E-state index is 12.2. The van der Waals surface area contributed by atoms with Crippen LogP contribution >= 0.6 is 27.5 Å². The second kappa shape index (κ2) is 5.28. The molecule has 2 rings (SSSR count). The highest BCUT2D eigenvalue weighted by molar-refractivity contribution is 9.10. The van der Waals surface area contributed by atoms with Crippen LogP contribution in [0, 0.1) is 0 Å². The molecule has 0 atom stereocenters. The molecule has 0 aromatic heterocycles. The molecule has 4 nitrogen and oxygen atoms in total. The third-order valence-corrected chi connectivity index (χ3v) is 3.53. The molecule has 0 bridgehead atoms. The Balaban J connectivity index is 2.18. The highest BCUT2D eigenvalue weighted by Crippen LogP contribution is 2.21. The zero-order valence-corrected chi connectivity index (χ0v) is 12.2. The van der Waals surface area contributed by atoms with Gasteiger partial charge in [-0.2, -0.15) is 0 Å². The van der Waals surface area contributed by atoms with Gasteiger partial charge in [-0.25, -0.2) is 0 Å². The van der Waals surface area contributed by atoms with Crippen molar-refractivity contribution in [3.63, 3.8) is 0 Å². The lowest BCUT2D eigenvalue weighted by Gasteiger charge is -2.32. The van der Waals surface area contributed by atoms with Crippen LogP contribution in [0.25, 0.3) is 0 Å². The van der Waals surface area contributed by atoms with E-state index in [1.807, 2.05) is 0 Å². The minimum atomic E-state index is -0.167. The molecule has 1 heterocycles. The van der Waals surface area contributed by atoms with Gasteiger partial charge in [0.2, 0.25) is 5.91 Å². The Hall–Kier alpha value is -1.07. The van der Waals surface area contributed by atoms with Gasteiger partial charge in [0, 0.05) is 35.2 Å². The molecular weight excluding hydrogens is 320 g/mol. The van der Waals surface area contributed by atoms with Gasteiger partial charge in [-0.15, -0.1) is 0 Å². The summed E-state index contributed by atoms with van der Waals surface area (Å²) in [5.41, 5.74) is 0.492. The number of benzene rings is 1. The summed E-state index contributed by atoms with van der Waals surface area (Å²) < 4.78 is 0.749. The molecule has 1 aliphatic rings. The van der Waals surface area contributed by atoms with E-state index in [-0.39, 0.29) is 18.4 Å². The Morgan fingerprint density at radius 3 is 2.67 bits per heavy atom. The number of rotatable bonds is 1. The average molecular weight is 332 g/mol. The first kappa shape index (κ1) is 13.4. The fourth-order valence-corrected chi connectivity index (χ4v) is 2.65. The molecule has 1 aromatic rings. The van der Waals surface area contributed by atoms with Crippen LogP contribution in [0.3, 0.4) is 0 Å². The van der Waals surface area contributed by atoms with Gasteiger partial charge in [0.05, 0.1) is 0 Å². The molecule has 0 saturated carbocycles. The van der Waals surface area contributed by atoms with Crippen LogP contribution < -0.4 is 0 Å². The lowest BCUT2D eigenvalue weighted by atomic mass is 10.2. The minimum Gasteiger partial charge on any atom is -0.342 e. The van der Waals surface area contributed by atoms with Gasteiger partial charge in [-0.1, -0.05) is 27.5 Å². The molecule has 1 aromatic carbocycles. The molecule has 0 spiro atoms. The normalized spacial score (nSPS) is 16.1. The monoisotopic (exact) mass is 330 g/mol. The maximum Gasteiger partial charge on any atom is 0.254 e. The van der Waals surface area contributed by atoms with E-state index in [2.05, 4.69) is 15.9 Å². The second-order valence-corrected chi connectivity index (χ2v) is 5.55.